The Hall–Kier alpha value is -2.82. The minimum Gasteiger partial charge on any atom is -0.379 e. The van der Waals surface area contributed by atoms with Gasteiger partial charge in [-0.25, -0.2) is 14.2 Å². The number of nitrogens with one attached hydrogen (secondary N) is 1. The standard InChI is InChI=1S/C26H34FN5O3S/c1-26(2,3)28-25(34)31(11-10-30-12-14-35-15-13-30)18-24(33)32-22(19-7-4-5-8-20(19)27)17-21(29-32)23-9-6-16-36-23/h4-9,16,22H,10-15,17-18H2,1-3H3,(H,28,34). The molecule has 2 aliphatic rings. The molecule has 1 aromatic heterocycles. The van der Waals surface area contributed by atoms with E-state index in [4.69, 9.17) is 4.74 Å². The van der Waals surface area contributed by atoms with E-state index < -0.39 is 11.6 Å². The summed E-state index contributed by atoms with van der Waals surface area (Å²) < 4.78 is 20.2. The summed E-state index contributed by atoms with van der Waals surface area (Å²) in [5, 5.41) is 10.9. The van der Waals surface area contributed by atoms with E-state index in [9.17, 15) is 14.0 Å². The van der Waals surface area contributed by atoms with Crippen LogP contribution in [0.15, 0.2) is 46.9 Å². The van der Waals surface area contributed by atoms with Gasteiger partial charge in [-0.2, -0.15) is 5.10 Å². The summed E-state index contributed by atoms with van der Waals surface area (Å²) >= 11 is 1.53. The van der Waals surface area contributed by atoms with E-state index in [1.807, 2.05) is 38.3 Å². The maximum Gasteiger partial charge on any atom is 0.318 e. The number of hydrogen-bond acceptors (Lipinski definition) is 6. The number of rotatable bonds is 7. The molecular weight excluding hydrogens is 481 g/mol. The fourth-order valence-corrected chi connectivity index (χ4v) is 5.02. The molecule has 1 unspecified atom stereocenters. The zero-order valence-electron chi connectivity index (χ0n) is 21.1. The fraction of sp³-hybridized carbons (Fsp3) is 0.500. The van der Waals surface area contributed by atoms with Gasteiger partial charge in [0.1, 0.15) is 12.4 Å². The summed E-state index contributed by atoms with van der Waals surface area (Å²) in [6.45, 7) is 9.46. The quantitative estimate of drug-likeness (QED) is 0.610. The molecule has 1 fully saturated rings. The molecule has 3 amide bonds. The molecule has 0 radical (unpaired) electrons. The largest absolute Gasteiger partial charge is 0.379 e. The number of ether oxygens (including phenoxy) is 1. The number of nitrogens with zero attached hydrogens (tertiary/aromatic N) is 4. The molecule has 36 heavy (non-hydrogen) atoms. The molecule has 1 N–H and O–H groups in total. The number of hydrazone groups is 1. The van der Waals surface area contributed by atoms with Gasteiger partial charge in [-0.3, -0.25) is 9.69 Å². The Labute approximate surface area is 215 Å². The number of carbonyl (C=O) groups is 2. The van der Waals surface area contributed by atoms with Gasteiger partial charge in [0.05, 0.1) is 29.8 Å². The Morgan fingerprint density at radius 3 is 2.61 bits per heavy atom. The van der Waals surface area contributed by atoms with Gasteiger partial charge >= 0.3 is 6.03 Å². The predicted molar refractivity (Wildman–Crippen MR) is 139 cm³/mol. The van der Waals surface area contributed by atoms with Crippen molar-refractivity contribution in [1.29, 1.82) is 0 Å². The highest BCUT2D eigenvalue weighted by atomic mass is 32.1. The molecule has 194 valence electrons. The van der Waals surface area contributed by atoms with E-state index in [-0.39, 0.29) is 24.3 Å². The Bertz CT molecular complexity index is 1080. The molecule has 3 heterocycles. The first-order chi connectivity index (χ1) is 17.2. The summed E-state index contributed by atoms with van der Waals surface area (Å²) in [5.41, 5.74) is 0.705. The van der Waals surface area contributed by atoms with E-state index in [1.54, 1.807) is 18.2 Å². The molecule has 10 heteroatoms. The van der Waals surface area contributed by atoms with Gasteiger partial charge in [0, 0.05) is 43.7 Å². The highest BCUT2D eigenvalue weighted by molar-refractivity contribution is 7.12. The smallest absolute Gasteiger partial charge is 0.318 e. The maximum atomic E-state index is 14.8. The van der Waals surface area contributed by atoms with Crippen molar-refractivity contribution in [1.82, 2.24) is 20.1 Å². The second-order valence-corrected chi connectivity index (χ2v) is 11.0. The average Bonchev–Trinajstić information content (AvgIpc) is 3.52. The highest BCUT2D eigenvalue weighted by Crippen LogP contribution is 2.35. The molecule has 1 aromatic carbocycles. The molecular formula is C26H34FN5O3S. The maximum absolute atomic E-state index is 14.8. The normalized spacial score (nSPS) is 18.7. The minimum absolute atomic E-state index is 0.154. The van der Waals surface area contributed by atoms with Gasteiger partial charge < -0.3 is 15.0 Å². The number of thiophene rings is 1. The number of urea groups is 1. The number of morpholine rings is 1. The van der Waals surface area contributed by atoms with E-state index in [1.165, 1.54) is 27.3 Å². The molecule has 2 aromatic rings. The topological polar surface area (TPSA) is 77.5 Å². The summed E-state index contributed by atoms with van der Waals surface area (Å²) in [6.07, 6.45) is 0.412. The van der Waals surface area contributed by atoms with Crippen LogP contribution < -0.4 is 5.32 Å². The second-order valence-electron chi connectivity index (χ2n) is 10.1. The predicted octanol–water partition coefficient (Wildman–Crippen LogP) is 3.71. The van der Waals surface area contributed by atoms with Crippen LogP contribution in [0.5, 0.6) is 0 Å². The lowest BCUT2D eigenvalue weighted by atomic mass is 10.0. The molecule has 1 atom stereocenters. The van der Waals surface area contributed by atoms with E-state index in [2.05, 4.69) is 15.3 Å². The molecule has 0 aliphatic carbocycles. The third-order valence-electron chi connectivity index (χ3n) is 6.12. The molecule has 0 saturated carbocycles. The van der Waals surface area contributed by atoms with Gasteiger partial charge in [-0.15, -0.1) is 11.3 Å². The SMILES string of the molecule is CC(C)(C)NC(=O)N(CCN1CCOCC1)CC(=O)N1N=C(c2cccs2)CC1c1ccccc1F. The fourth-order valence-electron chi connectivity index (χ4n) is 4.29. The van der Waals surface area contributed by atoms with Crippen LogP contribution in [0, 0.1) is 5.82 Å². The third kappa shape index (κ3) is 6.68. The minimum atomic E-state index is -0.567. The van der Waals surface area contributed by atoms with Gasteiger partial charge in [0.25, 0.3) is 5.91 Å². The van der Waals surface area contributed by atoms with Crippen molar-refractivity contribution in [3.8, 4) is 0 Å². The second kappa shape index (κ2) is 11.5. The molecule has 1 saturated heterocycles. The summed E-state index contributed by atoms with van der Waals surface area (Å²) in [4.78, 5) is 31.5. The summed E-state index contributed by atoms with van der Waals surface area (Å²) in [6, 6.07) is 9.47. The first-order valence-corrected chi connectivity index (χ1v) is 13.1. The van der Waals surface area contributed by atoms with Crippen LogP contribution in [0.1, 0.15) is 43.7 Å². The van der Waals surface area contributed by atoms with Crippen molar-refractivity contribution in [3.63, 3.8) is 0 Å². The summed E-state index contributed by atoms with van der Waals surface area (Å²) in [5.74, 6) is -0.724. The van der Waals surface area contributed by atoms with E-state index in [0.29, 0.717) is 38.3 Å². The molecule has 0 spiro atoms. The Morgan fingerprint density at radius 2 is 1.94 bits per heavy atom. The number of halogens is 1. The van der Waals surface area contributed by atoms with Crippen LogP contribution in [0.3, 0.4) is 0 Å². The van der Waals surface area contributed by atoms with Crippen LogP contribution in [0.2, 0.25) is 0 Å². The van der Waals surface area contributed by atoms with Crippen molar-refractivity contribution in [2.45, 2.75) is 38.8 Å². The molecule has 4 rings (SSSR count). The molecule has 2 aliphatic heterocycles. The lowest BCUT2D eigenvalue weighted by Crippen LogP contribution is -2.53. The Morgan fingerprint density at radius 1 is 1.19 bits per heavy atom. The molecule has 8 nitrogen and oxygen atoms in total. The third-order valence-corrected chi connectivity index (χ3v) is 7.04. The number of carbonyl (C=O) groups excluding carboxylic acids is 2. The van der Waals surface area contributed by atoms with Crippen molar-refractivity contribution in [3.05, 3.63) is 58.0 Å². The van der Waals surface area contributed by atoms with E-state index >= 15 is 0 Å². The van der Waals surface area contributed by atoms with Crippen LogP contribution in [0.25, 0.3) is 0 Å². The highest BCUT2D eigenvalue weighted by Gasteiger charge is 2.36. The van der Waals surface area contributed by atoms with Crippen LogP contribution in [-0.2, 0) is 9.53 Å². The lowest BCUT2D eigenvalue weighted by molar-refractivity contribution is -0.133. The Balaban J connectivity index is 1.55. The van der Waals surface area contributed by atoms with Crippen molar-refractivity contribution in [2.24, 2.45) is 5.10 Å². The first-order valence-electron chi connectivity index (χ1n) is 12.3. The molecule has 0 bridgehead atoms. The number of benzene rings is 1. The first kappa shape index (κ1) is 26.2. The van der Waals surface area contributed by atoms with Crippen LogP contribution in [0.4, 0.5) is 9.18 Å². The van der Waals surface area contributed by atoms with Crippen molar-refractivity contribution < 1.29 is 18.7 Å². The van der Waals surface area contributed by atoms with Gasteiger partial charge in [-0.1, -0.05) is 24.3 Å². The van der Waals surface area contributed by atoms with Crippen molar-refractivity contribution in [2.75, 3.05) is 45.9 Å². The zero-order chi connectivity index (χ0) is 25.7. The lowest BCUT2D eigenvalue weighted by Gasteiger charge is -2.32. The average molecular weight is 516 g/mol. The monoisotopic (exact) mass is 515 g/mol. The van der Waals surface area contributed by atoms with Crippen LogP contribution in [-0.4, -0.2) is 83.9 Å². The van der Waals surface area contributed by atoms with Crippen molar-refractivity contribution >= 4 is 29.0 Å². The number of hydrogen-bond donors (Lipinski definition) is 1. The Kier molecular flexibility index (Phi) is 8.38. The zero-order valence-corrected chi connectivity index (χ0v) is 21.9. The number of amides is 3. The van der Waals surface area contributed by atoms with Crippen LogP contribution >= 0.6 is 11.3 Å². The van der Waals surface area contributed by atoms with Gasteiger partial charge in [0.15, 0.2) is 0 Å². The van der Waals surface area contributed by atoms with Gasteiger partial charge in [0.2, 0.25) is 0 Å². The van der Waals surface area contributed by atoms with E-state index in [0.717, 1.165) is 23.7 Å². The summed E-state index contributed by atoms with van der Waals surface area (Å²) in [7, 11) is 0. The van der Waals surface area contributed by atoms with Gasteiger partial charge in [-0.05, 0) is 38.3 Å².